The van der Waals surface area contributed by atoms with Crippen molar-refractivity contribution in [1.29, 1.82) is 0 Å². The second-order valence-electron chi connectivity index (χ2n) is 5.75. The molecule has 1 fully saturated rings. The lowest BCUT2D eigenvalue weighted by Crippen LogP contribution is -2.41. The lowest BCUT2D eigenvalue weighted by Gasteiger charge is -2.30. The third kappa shape index (κ3) is 2.52. The standard InChI is InChI=1S/C15H18BrN3O/c1-10-4-5-11(12(16)8-10)13-18-14(20-19-13)15(2)6-3-7-17-9-15/h4-5,8,17H,3,6-7,9H2,1-2H3. The summed E-state index contributed by atoms with van der Waals surface area (Å²) in [5.74, 6) is 1.38. The Labute approximate surface area is 127 Å². The molecule has 5 heteroatoms. The monoisotopic (exact) mass is 335 g/mol. The predicted octanol–water partition coefficient (Wildman–Crippen LogP) is 3.45. The van der Waals surface area contributed by atoms with Gasteiger partial charge in [-0.2, -0.15) is 4.98 Å². The topological polar surface area (TPSA) is 51.0 Å². The van der Waals surface area contributed by atoms with Gasteiger partial charge in [-0.15, -0.1) is 0 Å². The van der Waals surface area contributed by atoms with E-state index in [1.165, 1.54) is 5.56 Å². The second-order valence-corrected chi connectivity index (χ2v) is 6.60. The van der Waals surface area contributed by atoms with Gasteiger partial charge in [0.2, 0.25) is 11.7 Å². The largest absolute Gasteiger partial charge is 0.338 e. The van der Waals surface area contributed by atoms with Crippen molar-refractivity contribution in [3.05, 3.63) is 34.1 Å². The summed E-state index contributed by atoms with van der Waals surface area (Å²) in [4.78, 5) is 4.62. The van der Waals surface area contributed by atoms with Crippen molar-refractivity contribution in [2.75, 3.05) is 13.1 Å². The molecule has 0 bridgehead atoms. The van der Waals surface area contributed by atoms with Crippen molar-refractivity contribution in [3.63, 3.8) is 0 Å². The SMILES string of the molecule is Cc1ccc(-c2noc(C3(C)CCCNC3)n2)c(Br)c1. The van der Waals surface area contributed by atoms with Crippen LogP contribution >= 0.6 is 15.9 Å². The summed E-state index contributed by atoms with van der Waals surface area (Å²) < 4.78 is 6.52. The molecule has 1 aliphatic heterocycles. The van der Waals surface area contributed by atoms with Gasteiger partial charge in [-0.1, -0.05) is 27.2 Å². The van der Waals surface area contributed by atoms with Gasteiger partial charge < -0.3 is 9.84 Å². The minimum absolute atomic E-state index is 0.0549. The predicted molar refractivity (Wildman–Crippen MR) is 81.6 cm³/mol. The van der Waals surface area contributed by atoms with E-state index in [2.05, 4.69) is 57.4 Å². The number of rotatable bonds is 2. The number of nitrogens with zero attached hydrogens (tertiary/aromatic N) is 2. The summed E-state index contributed by atoms with van der Waals surface area (Å²) in [7, 11) is 0. The lowest BCUT2D eigenvalue weighted by atomic mass is 9.83. The van der Waals surface area contributed by atoms with Crippen LogP contribution in [-0.4, -0.2) is 23.2 Å². The molecule has 1 aromatic carbocycles. The van der Waals surface area contributed by atoms with E-state index in [1.807, 2.05) is 6.07 Å². The number of benzene rings is 1. The summed E-state index contributed by atoms with van der Waals surface area (Å²) in [6, 6.07) is 6.14. The quantitative estimate of drug-likeness (QED) is 0.913. The number of hydrogen-bond donors (Lipinski definition) is 1. The summed E-state index contributed by atoms with van der Waals surface area (Å²) in [5.41, 5.74) is 2.12. The first-order chi connectivity index (χ1) is 9.58. The van der Waals surface area contributed by atoms with Crippen molar-refractivity contribution in [2.24, 2.45) is 0 Å². The number of piperidine rings is 1. The summed E-state index contributed by atoms with van der Waals surface area (Å²) >= 11 is 3.57. The van der Waals surface area contributed by atoms with Crippen LogP contribution in [0.15, 0.2) is 27.2 Å². The minimum Gasteiger partial charge on any atom is -0.338 e. The number of halogens is 1. The van der Waals surface area contributed by atoms with Crippen LogP contribution in [-0.2, 0) is 5.41 Å². The van der Waals surface area contributed by atoms with Crippen molar-refractivity contribution in [3.8, 4) is 11.4 Å². The van der Waals surface area contributed by atoms with Gasteiger partial charge in [0, 0.05) is 16.6 Å². The molecule has 1 N–H and O–H groups in total. The van der Waals surface area contributed by atoms with E-state index in [0.29, 0.717) is 5.82 Å². The fourth-order valence-corrected chi connectivity index (χ4v) is 3.29. The Balaban J connectivity index is 1.93. The van der Waals surface area contributed by atoms with Crippen LogP contribution in [0.4, 0.5) is 0 Å². The molecule has 20 heavy (non-hydrogen) atoms. The van der Waals surface area contributed by atoms with E-state index in [4.69, 9.17) is 4.52 Å². The van der Waals surface area contributed by atoms with Crippen LogP contribution in [0, 0.1) is 6.92 Å². The van der Waals surface area contributed by atoms with Crippen molar-refractivity contribution >= 4 is 15.9 Å². The van der Waals surface area contributed by atoms with E-state index in [0.717, 1.165) is 41.9 Å². The molecular weight excluding hydrogens is 318 g/mol. The molecule has 1 saturated heterocycles. The van der Waals surface area contributed by atoms with E-state index in [1.54, 1.807) is 0 Å². The second kappa shape index (κ2) is 5.30. The van der Waals surface area contributed by atoms with Crippen molar-refractivity contribution in [2.45, 2.75) is 32.1 Å². The minimum atomic E-state index is -0.0549. The fourth-order valence-electron chi connectivity index (χ4n) is 2.62. The van der Waals surface area contributed by atoms with Crippen LogP contribution in [0.1, 0.15) is 31.2 Å². The van der Waals surface area contributed by atoms with Crippen LogP contribution in [0.2, 0.25) is 0 Å². The molecule has 1 aliphatic rings. The molecule has 0 aliphatic carbocycles. The van der Waals surface area contributed by atoms with E-state index in [9.17, 15) is 0 Å². The Morgan fingerprint density at radius 2 is 2.25 bits per heavy atom. The van der Waals surface area contributed by atoms with Gasteiger partial charge >= 0.3 is 0 Å². The van der Waals surface area contributed by atoms with Gasteiger partial charge in [-0.3, -0.25) is 0 Å². The van der Waals surface area contributed by atoms with Crippen molar-refractivity contribution in [1.82, 2.24) is 15.5 Å². The van der Waals surface area contributed by atoms with Crippen LogP contribution in [0.25, 0.3) is 11.4 Å². The molecule has 1 atom stereocenters. The first-order valence-corrected chi connectivity index (χ1v) is 7.69. The first kappa shape index (κ1) is 13.8. The summed E-state index contributed by atoms with van der Waals surface area (Å²) in [6.45, 7) is 6.20. The molecule has 1 aromatic heterocycles. The average Bonchev–Trinajstić information content (AvgIpc) is 2.90. The van der Waals surface area contributed by atoms with Gasteiger partial charge in [-0.25, -0.2) is 0 Å². The highest BCUT2D eigenvalue weighted by Gasteiger charge is 2.34. The number of aryl methyl sites for hydroxylation is 1. The number of hydrogen-bond acceptors (Lipinski definition) is 4. The average molecular weight is 336 g/mol. The van der Waals surface area contributed by atoms with Gasteiger partial charge in [0.05, 0.1) is 5.41 Å². The lowest BCUT2D eigenvalue weighted by molar-refractivity contribution is 0.245. The van der Waals surface area contributed by atoms with Crippen LogP contribution < -0.4 is 5.32 Å². The third-order valence-electron chi connectivity index (χ3n) is 3.91. The molecule has 1 unspecified atom stereocenters. The van der Waals surface area contributed by atoms with Gasteiger partial charge in [0.15, 0.2) is 0 Å². The zero-order valence-electron chi connectivity index (χ0n) is 11.7. The third-order valence-corrected chi connectivity index (χ3v) is 4.56. The molecule has 2 aromatic rings. The number of aromatic nitrogens is 2. The molecule has 4 nitrogen and oxygen atoms in total. The maximum atomic E-state index is 5.52. The van der Waals surface area contributed by atoms with Gasteiger partial charge in [-0.05, 0) is 50.9 Å². The Morgan fingerprint density at radius 1 is 1.40 bits per heavy atom. The normalized spacial score (nSPS) is 22.9. The highest BCUT2D eigenvalue weighted by Crippen LogP contribution is 2.32. The maximum Gasteiger partial charge on any atom is 0.234 e. The highest BCUT2D eigenvalue weighted by atomic mass is 79.9. The Bertz CT molecular complexity index is 617. The molecular formula is C15H18BrN3O. The first-order valence-electron chi connectivity index (χ1n) is 6.90. The van der Waals surface area contributed by atoms with E-state index in [-0.39, 0.29) is 5.41 Å². The Morgan fingerprint density at radius 3 is 2.95 bits per heavy atom. The molecule has 2 heterocycles. The van der Waals surface area contributed by atoms with E-state index < -0.39 is 0 Å². The van der Waals surface area contributed by atoms with Gasteiger partial charge in [0.25, 0.3) is 0 Å². The van der Waals surface area contributed by atoms with Crippen LogP contribution in [0.5, 0.6) is 0 Å². The van der Waals surface area contributed by atoms with Crippen molar-refractivity contribution < 1.29 is 4.52 Å². The Hall–Kier alpha value is -1.20. The Kier molecular flexibility index (Phi) is 3.65. The van der Waals surface area contributed by atoms with Crippen LogP contribution in [0.3, 0.4) is 0 Å². The summed E-state index contributed by atoms with van der Waals surface area (Å²) in [5, 5.41) is 7.56. The number of nitrogens with one attached hydrogen (secondary N) is 1. The fraction of sp³-hybridized carbons (Fsp3) is 0.467. The van der Waals surface area contributed by atoms with Gasteiger partial charge in [0.1, 0.15) is 0 Å². The zero-order valence-corrected chi connectivity index (χ0v) is 13.3. The van der Waals surface area contributed by atoms with E-state index >= 15 is 0 Å². The molecule has 0 spiro atoms. The molecule has 0 radical (unpaired) electrons. The summed E-state index contributed by atoms with van der Waals surface area (Å²) in [6.07, 6.45) is 2.22. The zero-order chi connectivity index (χ0) is 14.2. The molecule has 0 amide bonds. The molecule has 0 saturated carbocycles. The molecule has 106 valence electrons. The maximum absolute atomic E-state index is 5.52. The smallest absolute Gasteiger partial charge is 0.234 e. The highest BCUT2D eigenvalue weighted by molar-refractivity contribution is 9.10. The molecule has 3 rings (SSSR count).